The normalized spacial score (nSPS) is 11.1. The van der Waals surface area contributed by atoms with Crippen molar-refractivity contribution < 1.29 is 22.9 Å². The van der Waals surface area contributed by atoms with E-state index in [0.717, 1.165) is 17.9 Å². The number of nitro benzene ring substituents is 1. The molecule has 0 radical (unpaired) electrons. The van der Waals surface area contributed by atoms with Gasteiger partial charge in [-0.05, 0) is 23.8 Å². The Hall–Kier alpha value is -3.73. The monoisotopic (exact) mass is 446 g/mol. The summed E-state index contributed by atoms with van der Waals surface area (Å²) in [6.45, 7) is 0.0768. The average Bonchev–Trinajstić information content (AvgIpc) is 2.73. The fourth-order valence-electron chi connectivity index (χ4n) is 2.47. The van der Waals surface area contributed by atoms with Crippen molar-refractivity contribution in [2.24, 2.45) is 0 Å². The summed E-state index contributed by atoms with van der Waals surface area (Å²) in [5, 5.41) is 19.0. The van der Waals surface area contributed by atoms with Crippen molar-refractivity contribution in [1.82, 2.24) is 10.6 Å². The number of carbonyl (C=O) groups is 2. The highest BCUT2D eigenvalue weighted by Gasteiger charge is 2.18. The maximum Gasteiger partial charge on any atom is 0.293 e. The summed E-state index contributed by atoms with van der Waals surface area (Å²) in [5.74, 6) is -0.844. The SMILES string of the molecule is CS(=O)(=O)c1ccc(NCCNC(=O)CNC(=O)/C=C/c2ccccc2)c([N+](=O)[O-])c1. The van der Waals surface area contributed by atoms with Crippen LogP contribution in [0.2, 0.25) is 0 Å². The summed E-state index contributed by atoms with van der Waals surface area (Å²) < 4.78 is 23.1. The molecule has 0 aromatic heterocycles. The van der Waals surface area contributed by atoms with E-state index in [9.17, 15) is 28.1 Å². The van der Waals surface area contributed by atoms with Crippen molar-refractivity contribution >= 4 is 39.1 Å². The Morgan fingerprint density at radius 3 is 2.42 bits per heavy atom. The first-order valence-corrected chi connectivity index (χ1v) is 11.1. The molecule has 0 unspecified atom stereocenters. The van der Waals surface area contributed by atoms with Crippen LogP contribution in [0.1, 0.15) is 5.56 Å². The van der Waals surface area contributed by atoms with Crippen LogP contribution in [-0.2, 0) is 19.4 Å². The van der Waals surface area contributed by atoms with Crippen LogP contribution in [0.5, 0.6) is 0 Å². The molecule has 0 heterocycles. The standard InChI is InChI=1S/C20H22N4O6S/c1-31(29,30)16-8-9-17(18(13-16)24(27)28)21-11-12-22-20(26)14-23-19(25)10-7-15-5-3-2-4-6-15/h2-10,13,21H,11-12,14H2,1H3,(H,22,26)(H,23,25)/b10-7+. The third-order valence-corrected chi connectivity index (χ3v) is 5.12. The molecular formula is C20H22N4O6S. The third-order valence-electron chi connectivity index (χ3n) is 4.01. The van der Waals surface area contributed by atoms with Crippen molar-refractivity contribution in [3.05, 3.63) is 70.3 Å². The third kappa shape index (κ3) is 7.90. The van der Waals surface area contributed by atoms with Crippen LogP contribution in [0, 0.1) is 10.1 Å². The summed E-state index contributed by atoms with van der Waals surface area (Å²) >= 11 is 0. The van der Waals surface area contributed by atoms with E-state index in [4.69, 9.17) is 0 Å². The van der Waals surface area contributed by atoms with E-state index >= 15 is 0 Å². The van der Waals surface area contributed by atoms with Gasteiger partial charge < -0.3 is 16.0 Å². The van der Waals surface area contributed by atoms with Crippen molar-refractivity contribution in [3.63, 3.8) is 0 Å². The van der Waals surface area contributed by atoms with Crippen molar-refractivity contribution in [1.29, 1.82) is 0 Å². The van der Waals surface area contributed by atoms with Crippen LogP contribution in [0.15, 0.2) is 59.5 Å². The fraction of sp³-hybridized carbons (Fsp3) is 0.200. The van der Waals surface area contributed by atoms with E-state index in [1.807, 2.05) is 30.3 Å². The van der Waals surface area contributed by atoms with Crippen LogP contribution < -0.4 is 16.0 Å². The highest BCUT2D eigenvalue weighted by Crippen LogP contribution is 2.27. The summed E-state index contributed by atoms with van der Waals surface area (Å²) in [5.41, 5.74) is 0.601. The molecule has 3 N–H and O–H groups in total. The topological polar surface area (TPSA) is 148 Å². The molecule has 11 heteroatoms. The number of nitrogens with one attached hydrogen (secondary N) is 3. The molecule has 0 aliphatic heterocycles. The number of hydrogen-bond donors (Lipinski definition) is 3. The van der Waals surface area contributed by atoms with Gasteiger partial charge in [0.15, 0.2) is 9.84 Å². The lowest BCUT2D eigenvalue weighted by molar-refractivity contribution is -0.384. The number of rotatable bonds is 10. The molecule has 2 aromatic rings. The zero-order chi connectivity index (χ0) is 22.9. The average molecular weight is 446 g/mol. The van der Waals surface area contributed by atoms with Crippen LogP contribution in [0.3, 0.4) is 0 Å². The predicted octanol–water partition coefficient (Wildman–Crippen LogP) is 1.36. The number of hydrogen-bond acceptors (Lipinski definition) is 7. The summed E-state index contributed by atoms with van der Waals surface area (Å²) in [6, 6.07) is 12.8. The molecule has 0 atom stereocenters. The van der Waals surface area contributed by atoms with E-state index in [2.05, 4.69) is 16.0 Å². The molecule has 0 saturated heterocycles. The minimum Gasteiger partial charge on any atom is -0.378 e. The molecular weight excluding hydrogens is 424 g/mol. The molecule has 2 rings (SSSR count). The molecule has 0 spiro atoms. The molecule has 0 aliphatic rings. The Labute approximate surface area is 179 Å². The second-order valence-electron chi connectivity index (χ2n) is 6.45. The van der Waals surface area contributed by atoms with Gasteiger partial charge in [-0.1, -0.05) is 30.3 Å². The Morgan fingerprint density at radius 1 is 1.06 bits per heavy atom. The van der Waals surface area contributed by atoms with Gasteiger partial charge in [0, 0.05) is 31.5 Å². The highest BCUT2D eigenvalue weighted by molar-refractivity contribution is 7.90. The first kappa shape index (κ1) is 23.5. The van der Waals surface area contributed by atoms with Gasteiger partial charge in [-0.2, -0.15) is 0 Å². The molecule has 0 fully saturated rings. The maximum absolute atomic E-state index is 11.8. The van der Waals surface area contributed by atoms with Crippen LogP contribution in [-0.4, -0.2) is 51.0 Å². The number of nitro groups is 1. The molecule has 10 nitrogen and oxygen atoms in total. The van der Waals surface area contributed by atoms with Crippen LogP contribution >= 0.6 is 0 Å². The lowest BCUT2D eigenvalue weighted by atomic mass is 10.2. The molecule has 0 aliphatic carbocycles. The fourth-order valence-corrected chi connectivity index (χ4v) is 3.11. The van der Waals surface area contributed by atoms with E-state index in [-0.39, 0.29) is 35.9 Å². The highest BCUT2D eigenvalue weighted by atomic mass is 32.2. The van der Waals surface area contributed by atoms with Gasteiger partial charge in [-0.15, -0.1) is 0 Å². The van der Waals surface area contributed by atoms with Gasteiger partial charge in [0.05, 0.1) is 16.4 Å². The van der Waals surface area contributed by atoms with Crippen molar-refractivity contribution in [2.45, 2.75) is 4.90 Å². The number of anilines is 1. The predicted molar refractivity (Wildman–Crippen MR) is 116 cm³/mol. The van der Waals surface area contributed by atoms with E-state index in [0.29, 0.717) is 0 Å². The Kier molecular flexibility index (Phi) is 8.26. The Balaban J connectivity index is 1.77. The quantitative estimate of drug-likeness (QED) is 0.216. The van der Waals surface area contributed by atoms with E-state index in [1.165, 1.54) is 18.2 Å². The number of sulfone groups is 1. The molecule has 31 heavy (non-hydrogen) atoms. The zero-order valence-corrected chi connectivity index (χ0v) is 17.5. The Bertz CT molecular complexity index is 1080. The van der Waals surface area contributed by atoms with Gasteiger partial charge >= 0.3 is 0 Å². The molecule has 0 saturated carbocycles. The summed E-state index contributed by atoms with van der Waals surface area (Å²) in [7, 11) is -3.57. The first-order valence-electron chi connectivity index (χ1n) is 9.17. The molecule has 164 valence electrons. The van der Waals surface area contributed by atoms with Crippen LogP contribution in [0.25, 0.3) is 6.08 Å². The van der Waals surface area contributed by atoms with Gasteiger partial charge in [0.25, 0.3) is 5.69 Å². The van der Waals surface area contributed by atoms with Gasteiger partial charge in [-0.3, -0.25) is 19.7 Å². The maximum atomic E-state index is 11.8. The smallest absolute Gasteiger partial charge is 0.293 e. The summed E-state index contributed by atoms with van der Waals surface area (Å²) in [6.07, 6.45) is 3.91. The molecule has 0 bridgehead atoms. The van der Waals surface area contributed by atoms with Gasteiger partial charge in [0.1, 0.15) is 5.69 Å². The molecule has 2 amide bonds. The number of amides is 2. The molecule has 2 aromatic carbocycles. The van der Waals surface area contributed by atoms with E-state index < -0.39 is 26.6 Å². The zero-order valence-electron chi connectivity index (χ0n) is 16.7. The minimum absolute atomic E-state index is 0.131. The van der Waals surface area contributed by atoms with Gasteiger partial charge in [-0.25, -0.2) is 8.42 Å². The van der Waals surface area contributed by atoms with Crippen molar-refractivity contribution in [3.8, 4) is 0 Å². The second-order valence-corrected chi connectivity index (χ2v) is 8.46. The summed E-state index contributed by atoms with van der Waals surface area (Å²) in [4.78, 5) is 33.9. The number of nitrogens with zero attached hydrogens (tertiary/aromatic N) is 1. The van der Waals surface area contributed by atoms with E-state index in [1.54, 1.807) is 6.08 Å². The lowest BCUT2D eigenvalue weighted by Gasteiger charge is -2.09. The Morgan fingerprint density at radius 2 is 1.77 bits per heavy atom. The largest absolute Gasteiger partial charge is 0.378 e. The first-order chi connectivity index (χ1) is 14.7. The van der Waals surface area contributed by atoms with Crippen LogP contribution in [0.4, 0.5) is 11.4 Å². The number of benzene rings is 2. The lowest BCUT2D eigenvalue weighted by Crippen LogP contribution is -2.38. The number of carbonyl (C=O) groups excluding carboxylic acids is 2. The minimum atomic E-state index is -3.57. The second kappa shape index (κ2) is 10.9. The van der Waals surface area contributed by atoms with Gasteiger partial charge in [0.2, 0.25) is 11.8 Å². The van der Waals surface area contributed by atoms with Crippen molar-refractivity contribution in [2.75, 3.05) is 31.2 Å².